The zero-order chi connectivity index (χ0) is 42.9. The summed E-state index contributed by atoms with van der Waals surface area (Å²) in [6.45, 7) is 11.6. The number of carboxylic acid groups (broad SMARTS) is 1. The molecule has 4 heterocycles. The van der Waals surface area contributed by atoms with Crippen LogP contribution in [0.1, 0.15) is 77.7 Å². The fraction of sp³-hybridized carbons (Fsp3) is 0.558. The van der Waals surface area contributed by atoms with E-state index >= 15 is 0 Å². The van der Waals surface area contributed by atoms with Crippen molar-refractivity contribution in [3.05, 3.63) is 41.8 Å². The van der Waals surface area contributed by atoms with E-state index in [1.165, 1.54) is 22.3 Å². The molecule has 4 N–H and O–H groups in total. The lowest BCUT2D eigenvalue weighted by Crippen LogP contribution is -2.59. The Kier molecular flexibility index (Phi) is 12.4. The molecule has 4 fully saturated rings. The molecule has 4 aliphatic rings. The van der Waals surface area contributed by atoms with Gasteiger partial charge in [-0.05, 0) is 49.7 Å². The van der Waals surface area contributed by atoms with Gasteiger partial charge in [0.25, 0.3) is 0 Å². The van der Waals surface area contributed by atoms with Crippen molar-refractivity contribution in [1.82, 2.24) is 25.5 Å². The van der Waals surface area contributed by atoms with E-state index in [1.54, 1.807) is 40.0 Å². The number of hydrogen-bond acceptors (Lipinski definition) is 12. The number of rotatable bonds is 14. The molecule has 2 saturated carbocycles. The number of likely N-dealkylation sites (tertiary alicyclic amines) is 1. The number of methoxy groups -OCH3 is 1. The molecule has 0 spiro atoms. The minimum atomic E-state index is -1.55. The highest BCUT2D eigenvalue weighted by molar-refractivity contribution is 7.14. The number of aromatic nitrogens is 2. The number of carboxylic acids is 1. The highest BCUT2D eigenvalue weighted by atomic mass is 32.1. The van der Waals surface area contributed by atoms with Crippen LogP contribution in [-0.4, -0.2) is 106 Å². The first kappa shape index (κ1) is 42.8. The average Bonchev–Trinajstić information content (AvgIpc) is 3.83. The summed E-state index contributed by atoms with van der Waals surface area (Å²) >= 11 is 1.29. The molecule has 60 heavy (non-hydrogen) atoms. The van der Waals surface area contributed by atoms with Crippen LogP contribution in [0.15, 0.2) is 36.2 Å². The number of hydrogen-bond donors (Lipinski definition) is 4. The van der Waals surface area contributed by atoms with Gasteiger partial charge in [-0.15, -0.1) is 17.9 Å². The third kappa shape index (κ3) is 9.06. The summed E-state index contributed by atoms with van der Waals surface area (Å²) in [5.41, 5.74) is -0.0607. The first-order valence-electron chi connectivity index (χ1n) is 20.5. The average molecular weight is 847 g/mol. The van der Waals surface area contributed by atoms with Gasteiger partial charge in [-0.2, -0.15) is 0 Å². The molecule has 1 aromatic carbocycles. The number of pyridine rings is 1. The number of alkyl carbamates (subject to hydrolysis) is 1. The second-order valence-electron chi connectivity index (χ2n) is 17.4. The summed E-state index contributed by atoms with van der Waals surface area (Å²) in [6, 6.07) is 3.09. The largest absolute Gasteiger partial charge is 0.496 e. The lowest BCUT2D eigenvalue weighted by Gasteiger charge is -2.35. The lowest BCUT2D eigenvalue weighted by atomic mass is 9.85. The van der Waals surface area contributed by atoms with E-state index in [0.717, 1.165) is 31.2 Å². The van der Waals surface area contributed by atoms with E-state index < -0.39 is 65.0 Å². The van der Waals surface area contributed by atoms with E-state index in [9.17, 15) is 29.1 Å². The topological polar surface area (TPSA) is 208 Å². The summed E-state index contributed by atoms with van der Waals surface area (Å²) in [5, 5.41) is 21.4. The van der Waals surface area contributed by atoms with Gasteiger partial charge >= 0.3 is 12.1 Å². The highest BCUT2D eigenvalue weighted by Gasteiger charge is 2.61. The van der Waals surface area contributed by atoms with Gasteiger partial charge in [-0.25, -0.2) is 19.6 Å². The van der Waals surface area contributed by atoms with Crippen molar-refractivity contribution in [3.63, 3.8) is 0 Å². The van der Waals surface area contributed by atoms with Crippen LogP contribution in [0.25, 0.3) is 22.3 Å². The van der Waals surface area contributed by atoms with Crippen LogP contribution < -0.4 is 25.4 Å². The predicted molar refractivity (Wildman–Crippen MR) is 223 cm³/mol. The van der Waals surface area contributed by atoms with E-state index in [2.05, 4.69) is 22.5 Å². The zero-order valence-corrected chi connectivity index (χ0v) is 35.5. The van der Waals surface area contributed by atoms with Gasteiger partial charge in [-0.3, -0.25) is 14.4 Å². The number of anilines is 1. The van der Waals surface area contributed by atoms with Crippen LogP contribution in [0.3, 0.4) is 0 Å². The maximum Gasteiger partial charge on any atom is 0.408 e. The minimum absolute atomic E-state index is 0.00884. The highest BCUT2D eigenvalue weighted by Crippen LogP contribution is 2.45. The van der Waals surface area contributed by atoms with Gasteiger partial charge in [0.2, 0.25) is 17.7 Å². The molecule has 3 aromatic rings. The van der Waals surface area contributed by atoms with Crippen molar-refractivity contribution in [3.8, 4) is 22.9 Å². The molecule has 4 amide bonds. The van der Waals surface area contributed by atoms with Crippen LogP contribution in [0.4, 0.5) is 9.93 Å². The molecular formula is C43H54N6O10S. The molecule has 1 unspecified atom stereocenters. The monoisotopic (exact) mass is 846 g/mol. The number of benzene rings is 1. The van der Waals surface area contributed by atoms with Crippen LogP contribution in [0, 0.1) is 24.2 Å². The number of ether oxygens (including phenoxy) is 4. The van der Waals surface area contributed by atoms with Crippen molar-refractivity contribution in [2.24, 2.45) is 17.3 Å². The molecule has 0 radical (unpaired) electrons. The molecule has 17 heteroatoms. The Bertz CT molecular complexity index is 2160. The van der Waals surface area contributed by atoms with Crippen molar-refractivity contribution in [2.75, 3.05) is 32.2 Å². The number of aliphatic carboxylic acids is 1. The van der Waals surface area contributed by atoms with E-state index in [0.29, 0.717) is 64.3 Å². The van der Waals surface area contributed by atoms with Crippen LogP contribution >= 0.6 is 11.3 Å². The van der Waals surface area contributed by atoms with Crippen molar-refractivity contribution in [1.29, 1.82) is 0 Å². The molecule has 6 atom stereocenters. The van der Waals surface area contributed by atoms with E-state index in [1.807, 2.05) is 18.4 Å². The van der Waals surface area contributed by atoms with Crippen molar-refractivity contribution >= 4 is 57.2 Å². The normalized spacial score (nSPS) is 24.4. The van der Waals surface area contributed by atoms with Gasteiger partial charge in [0, 0.05) is 47.6 Å². The summed E-state index contributed by atoms with van der Waals surface area (Å²) in [5.74, 6) is -1.57. The Morgan fingerprint density at radius 1 is 1.10 bits per heavy atom. The smallest absolute Gasteiger partial charge is 0.408 e. The second kappa shape index (κ2) is 17.4. The molecule has 7 rings (SSSR count). The third-order valence-electron chi connectivity index (χ3n) is 12.0. The predicted octanol–water partition coefficient (Wildman–Crippen LogP) is 5.62. The standard InChI is InChI=1S/C43H54N6O10S/c1-7-25-19-43(25,39(53)54)48-37(51)31-17-27(20-49(31)38(52)36(42(3,4)5)47-41(55)59-26-14-15-57-21-26)58-33-18-29(44-35-23(2)32(56-6)13-12-28(33)35)30-22-60-40(45-30)46-34(50)16-24-10-8-9-11-24/h7,12-13,18,22,24-27,31,36H,1,8-11,14-17,19-21H2,2-6H3,(H,47,55)(H,48,51)(H,53,54)(H,45,46,50)/t25-,26?,27-,31+,36-,43-/m1/s1. The number of nitrogens with one attached hydrogen (secondary N) is 3. The summed E-state index contributed by atoms with van der Waals surface area (Å²) in [7, 11) is 1.57. The molecule has 2 aliphatic heterocycles. The Hall–Kier alpha value is -5.29. The first-order chi connectivity index (χ1) is 28.6. The van der Waals surface area contributed by atoms with Crippen LogP contribution in [0.5, 0.6) is 11.5 Å². The van der Waals surface area contributed by atoms with Crippen molar-refractivity contribution < 1.29 is 48.0 Å². The third-order valence-corrected chi connectivity index (χ3v) is 12.8. The molecule has 0 bridgehead atoms. The number of thiazole rings is 1. The van der Waals surface area contributed by atoms with Gasteiger partial charge < -0.3 is 44.9 Å². The second-order valence-corrected chi connectivity index (χ2v) is 18.2. The Morgan fingerprint density at radius 2 is 1.87 bits per heavy atom. The fourth-order valence-electron chi connectivity index (χ4n) is 8.52. The molecular weight excluding hydrogens is 793 g/mol. The maximum absolute atomic E-state index is 14.7. The lowest BCUT2D eigenvalue weighted by molar-refractivity contribution is -0.146. The molecule has 16 nitrogen and oxygen atoms in total. The number of amides is 4. The minimum Gasteiger partial charge on any atom is -0.496 e. The maximum atomic E-state index is 14.7. The Morgan fingerprint density at radius 3 is 2.52 bits per heavy atom. The SMILES string of the molecule is C=C[C@@H]1C[C@]1(NC(=O)[C@@H]1C[C@@H](Oc2cc(-c3csc(NC(=O)CC4CCCC4)n3)nc3c(C)c(OC)ccc23)CN1C(=O)[C@@H](NC(=O)OC1CCOC1)C(C)(C)C)C(=O)O. The quantitative estimate of drug-likeness (QED) is 0.146. The summed E-state index contributed by atoms with van der Waals surface area (Å²) in [6.07, 6.45) is 5.06. The molecule has 322 valence electrons. The summed E-state index contributed by atoms with van der Waals surface area (Å²) < 4.78 is 23.3. The number of carbonyl (C=O) groups is 5. The number of carbonyl (C=O) groups excluding carboxylic acids is 4. The van der Waals surface area contributed by atoms with Gasteiger partial charge in [0.15, 0.2) is 5.13 Å². The summed E-state index contributed by atoms with van der Waals surface area (Å²) in [4.78, 5) is 78.3. The van der Waals surface area contributed by atoms with Crippen LogP contribution in [0.2, 0.25) is 0 Å². The Labute approximate surface area is 352 Å². The molecule has 2 saturated heterocycles. The fourth-order valence-corrected chi connectivity index (χ4v) is 9.24. The van der Waals surface area contributed by atoms with Gasteiger partial charge in [-0.1, -0.05) is 39.7 Å². The zero-order valence-electron chi connectivity index (χ0n) is 34.7. The van der Waals surface area contributed by atoms with Gasteiger partial charge in [0.1, 0.15) is 47.0 Å². The number of aryl methyl sites for hydroxylation is 1. The Balaban J connectivity index is 1.19. The van der Waals surface area contributed by atoms with E-state index in [4.69, 9.17) is 28.9 Å². The number of nitrogens with zero attached hydrogens (tertiary/aromatic N) is 3. The van der Waals surface area contributed by atoms with E-state index in [-0.39, 0.29) is 31.9 Å². The molecule has 2 aliphatic carbocycles. The first-order valence-corrected chi connectivity index (χ1v) is 21.4. The van der Waals surface area contributed by atoms with Crippen LogP contribution in [-0.2, 0) is 28.7 Å². The molecule has 2 aromatic heterocycles. The van der Waals surface area contributed by atoms with Gasteiger partial charge in [0.05, 0.1) is 38.1 Å². The van der Waals surface area contributed by atoms with Crippen molar-refractivity contribution in [2.45, 2.75) is 109 Å². The number of fused-ring (bicyclic) bond motifs is 1.